The highest BCUT2D eigenvalue weighted by molar-refractivity contribution is 7.26. The molecule has 0 N–H and O–H groups in total. The molecule has 3 aromatic heterocycles. The minimum absolute atomic E-state index is 0.728. The van der Waals surface area contributed by atoms with E-state index in [1.807, 2.05) is 28.7 Å². The van der Waals surface area contributed by atoms with Crippen molar-refractivity contribution >= 4 is 63.0 Å². The van der Waals surface area contributed by atoms with Gasteiger partial charge in [-0.05, 0) is 35.4 Å². The second kappa shape index (κ2) is 10.2. The fraction of sp³-hybridized carbons (Fsp3) is 0. The number of hydrogen-bond acceptors (Lipinski definition) is 4. The average molecular weight is 597 g/mol. The van der Waals surface area contributed by atoms with E-state index in [0.29, 0.717) is 0 Å². The van der Waals surface area contributed by atoms with Crippen LogP contribution in [0, 0.1) is 0 Å². The summed E-state index contributed by atoms with van der Waals surface area (Å²) in [6, 6.07) is 51.7. The van der Waals surface area contributed by atoms with Gasteiger partial charge in [-0.2, -0.15) is 0 Å². The fourth-order valence-corrected chi connectivity index (χ4v) is 8.59. The smallest absolute Gasteiger partial charge is 0.160 e. The molecule has 9 rings (SSSR count). The maximum atomic E-state index is 5.26. The van der Waals surface area contributed by atoms with Crippen molar-refractivity contribution in [2.45, 2.75) is 0 Å². The Hall–Kier alpha value is -5.16. The number of thiophene rings is 2. The molecule has 2 nitrogen and oxygen atoms in total. The maximum absolute atomic E-state index is 5.26. The van der Waals surface area contributed by atoms with Crippen LogP contribution in [-0.2, 0) is 0 Å². The molecule has 0 radical (unpaired) electrons. The first-order chi connectivity index (χ1) is 21.8. The SMILES string of the molecule is c1ccc(-c2ccc(-c3nc(-c4cccc5c4sc4ccccc45)cc(-c4cccc5sc6ccccc6c45)n3)cc2)cc1. The van der Waals surface area contributed by atoms with Crippen molar-refractivity contribution in [2.75, 3.05) is 0 Å². The number of aromatic nitrogens is 2. The minimum atomic E-state index is 0.728. The standard InChI is InChI=1S/C40H24N2S2/c1-2-10-25(11-3-1)26-20-22-27(23-21-26)40-41-33(30-15-9-19-37-38(30)32-13-5-7-18-36(32)43-37)24-34(42-40)31-16-8-14-29-28-12-4-6-17-35(28)44-39(29)31/h1-24H. The molecule has 4 heteroatoms. The molecule has 44 heavy (non-hydrogen) atoms. The number of fused-ring (bicyclic) bond motifs is 6. The normalized spacial score (nSPS) is 11.6. The Morgan fingerprint density at radius 1 is 0.386 bits per heavy atom. The van der Waals surface area contributed by atoms with Crippen LogP contribution in [0.2, 0.25) is 0 Å². The Balaban J connectivity index is 1.29. The third-order valence-corrected chi connectivity index (χ3v) is 10.7. The van der Waals surface area contributed by atoms with Gasteiger partial charge in [0.25, 0.3) is 0 Å². The van der Waals surface area contributed by atoms with Gasteiger partial charge in [-0.25, -0.2) is 9.97 Å². The van der Waals surface area contributed by atoms with Crippen molar-refractivity contribution in [3.05, 3.63) is 146 Å². The first-order valence-corrected chi connectivity index (χ1v) is 16.3. The van der Waals surface area contributed by atoms with E-state index in [1.165, 1.54) is 51.5 Å². The summed E-state index contributed by atoms with van der Waals surface area (Å²) in [5, 5.41) is 5.07. The Morgan fingerprint density at radius 2 is 0.955 bits per heavy atom. The zero-order valence-electron chi connectivity index (χ0n) is 23.6. The molecule has 0 aliphatic carbocycles. The van der Waals surface area contributed by atoms with Gasteiger partial charge < -0.3 is 0 Å². The van der Waals surface area contributed by atoms with E-state index in [2.05, 4.69) is 140 Å². The van der Waals surface area contributed by atoms with Crippen molar-refractivity contribution in [3.8, 4) is 45.0 Å². The van der Waals surface area contributed by atoms with Gasteiger partial charge in [0, 0.05) is 57.0 Å². The molecule has 0 saturated heterocycles. The monoisotopic (exact) mass is 596 g/mol. The molecule has 0 amide bonds. The molecular formula is C40H24N2S2. The highest BCUT2D eigenvalue weighted by Gasteiger charge is 2.18. The van der Waals surface area contributed by atoms with Gasteiger partial charge in [0.15, 0.2) is 5.82 Å². The predicted octanol–water partition coefficient (Wildman–Crippen LogP) is 11.9. The summed E-state index contributed by atoms with van der Waals surface area (Å²) in [5.41, 5.74) is 7.51. The Labute approximate surface area is 262 Å². The molecule has 0 atom stereocenters. The van der Waals surface area contributed by atoms with E-state index in [1.54, 1.807) is 0 Å². The molecule has 3 heterocycles. The van der Waals surface area contributed by atoms with Crippen molar-refractivity contribution in [1.29, 1.82) is 0 Å². The molecule has 9 aromatic rings. The molecular weight excluding hydrogens is 573 g/mol. The number of nitrogens with zero attached hydrogens (tertiary/aromatic N) is 2. The minimum Gasteiger partial charge on any atom is -0.228 e. The lowest BCUT2D eigenvalue weighted by Gasteiger charge is -2.12. The predicted molar refractivity (Wildman–Crippen MR) is 190 cm³/mol. The molecule has 0 aliphatic heterocycles. The van der Waals surface area contributed by atoms with E-state index in [-0.39, 0.29) is 0 Å². The zero-order chi connectivity index (χ0) is 29.0. The first-order valence-electron chi connectivity index (χ1n) is 14.7. The van der Waals surface area contributed by atoms with Crippen LogP contribution < -0.4 is 0 Å². The first kappa shape index (κ1) is 25.3. The van der Waals surface area contributed by atoms with E-state index < -0.39 is 0 Å². The summed E-state index contributed by atoms with van der Waals surface area (Å²) >= 11 is 3.67. The summed E-state index contributed by atoms with van der Waals surface area (Å²) in [6.07, 6.45) is 0. The van der Waals surface area contributed by atoms with Crippen LogP contribution in [0.4, 0.5) is 0 Å². The van der Waals surface area contributed by atoms with Gasteiger partial charge in [-0.3, -0.25) is 0 Å². The molecule has 6 aromatic carbocycles. The lowest BCUT2D eigenvalue weighted by atomic mass is 10.0. The van der Waals surface area contributed by atoms with Crippen LogP contribution in [0.3, 0.4) is 0 Å². The van der Waals surface area contributed by atoms with Crippen LogP contribution in [0.1, 0.15) is 0 Å². The summed E-state index contributed by atoms with van der Waals surface area (Å²) in [5.74, 6) is 0.728. The molecule has 0 bridgehead atoms. The average Bonchev–Trinajstić information content (AvgIpc) is 3.67. The fourth-order valence-electron chi connectivity index (χ4n) is 6.23. The second-order valence-corrected chi connectivity index (χ2v) is 13.1. The number of hydrogen-bond donors (Lipinski definition) is 0. The summed E-state index contributed by atoms with van der Waals surface area (Å²) in [7, 11) is 0. The van der Waals surface area contributed by atoms with Crippen LogP contribution >= 0.6 is 22.7 Å². The summed E-state index contributed by atoms with van der Waals surface area (Å²) in [6.45, 7) is 0. The Bertz CT molecular complexity index is 2490. The lowest BCUT2D eigenvalue weighted by molar-refractivity contribution is 1.19. The summed E-state index contributed by atoms with van der Waals surface area (Å²) in [4.78, 5) is 10.5. The largest absolute Gasteiger partial charge is 0.228 e. The van der Waals surface area contributed by atoms with Gasteiger partial charge in [-0.1, -0.05) is 121 Å². The van der Waals surface area contributed by atoms with Crippen molar-refractivity contribution in [2.24, 2.45) is 0 Å². The third kappa shape index (κ3) is 4.15. The molecule has 0 fully saturated rings. The second-order valence-electron chi connectivity index (χ2n) is 11.0. The van der Waals surface area contributed by atoms with Crippen molar-refractivity contribution in [3.63, 3.8) is 0 Å². The van der Waals surface area contributed by atoms with Crippen LogP contribution in [0.25, 0.3) is 85.4 Å². The van der Waals surface area contributed by atoms with Crippen molar-refractivity contribution < 1.29 is 0 Å². The van der Waals surface area contributed by atoms with Gasteiger partial charge in [0.1, 0.15) is 0 Å². The highest BCUT2D eigenvalue weighted by Crippen LogP contribution is 2.43. The number of rotatable bonds is 4. The zero-order valence-corrected chi connectivity index (χ0v) is 25.2. The molecule has 0 aliphatic rings. The number of benzene rings is 6. The Kier molecular flexibility index (Phi) is 5.90. The van der Waals surface area contributed by atoms with E-state index in [0.717, 1.165) is 33.9 Å². The quantitative estimate of drug-likeness (QED) is 0.202. The van der Waals surface area contributed by atoms with Gasteiger partial charge in [-0.15, -0.1) is 22.7 Å². The van der Waals surface area contributed by atoms with Crippen molar-refractivity contribution in [1.82, 2.24) is 9.97 Å². The maximum Gasteiger partial charge on any atom is 0.160 e. The van der Waals surface area contributed by atoms with E-state index in [4.69, 9.17) is 9.97 Å². The highest BCUT2D eigenvalue weighted by atomic mass is 32.1. The molecule has 206 valence electrons. The molecule has 0 saturated carbocycles. The van der Waals surface area contributed by atoms with E-state index >= 15 is 0 Å². The van der Waals surface area contributed by atoms with Gasteiger partial charge >= 0.3 is 0 Å². The van der Waals surface area contributed by atoms with Gasteiger partial charge in [0.05, 0.1) is 11.4 Å². The van der Waals surface area contributed by atoms with Crippen LogP contribution in [0.15, 0.2) is 146 Å². The van der Waals surface area contributed by atoms with Gasteiger partial charge in [0.2, 0.25) is 0 Å². The van der Waals surface area contributed by atoms with Crippen LogP contribution in [0.5, 0.6) is 0 Å². The topological polar surface area (TPSA) is 25.8 Å². The van der Waals surface area contributed by atoms with Crippen LogP contribution in [-0.4, -0.2) is 9.97 Å². The lowest BCUT2D eigenvalue weighted by Crippen LogP contribution is -1.96. The van der Waals surface area contributed by atoms with E-state index in [9.17, 15) is 0 Å². The molecule has 0 unspecified atom stereocenters. The Morgan fingerprint density at radius 3 is 1.77 bits per heavy atom. The summed E-state index contributed by atoms with van der Waals surface area (Å²) < 4.78 is 5.10. The molecule has 0 spiro atoms. The third-order valence-electron chi connectivity index (χ3n) is 8.34.